The SMILES string of the molecule is C[C@H]1[C@H](C)CCC[C@@H]1NC(=O)[C@H]1CCCN(c2ncnc3c2nc2n3CCCCC2)C1. The molecule has 0 bridgehead atoms. The maximum absolute atomic E-state index is 13.2. The van der Waals surface area contributed by atoms with Crippen LogP contribution in [0.3, 0.4) is 0 Å². The van der Waals surface area contributed by atoms with Crippen molar-refractivity contribution < 1.29 is 4.79 Å². The number of nitrogens with zero attached hydrogens (tertiary/aromatic N) is 5. The summed E-state index contributed by atoms with van der Waals surface area (Å²) >= 11 is 0. The second-order valence-corrected chi connectivity index (χ2v) is 10.0. The van der Waals surface area contributed by atoms with Gasteiger partial charge in [-0.1, -0.05) is 33.1 Å². The van der Waals surface area contributed by atoms with Crippen LogP contribution in [0.4, 0.5) is 5.82 Å². The van der Waals surface area contributed by atoms with Crippen molar-refractivity contribution in [2.45, 2.75) is 84.2 Å². The molecular formula is C24H36N6O. The molecule has 1 saturated heterocycles. The number of aromatic nitrogens is 4. The van der Waals surface area contributed by atoms with Crippen molar-refractivity contribution >= 4 is 22.9 Å². The van der Waals surface area contributed by atoms with E-state index in [1.54, 1.807) is 6.33 Å². The minimum atomic E-state index is 0.0173. The highest BCUT2D eigenvalue weighted by Crippen LogP contribution is 2.32. The van der Waals surface area contributed by atoms with Crippen molar-refractivity contribution in [3.63, 3.8) is 0 Å². The topological polar surface area (TPSA) is 75.9 Å². The molecule has 2 aromatic rings. The highest BCUT2D eigenvalue weighted by molar-refractivity contribution is 5.85. The Kier molecular flexibility index (Phi) is 5.85. The Morgan fingerprint density at radius 1 is 1.03 bits per heavy atom. The number of amides is 1. The van der Waals surface area contributed by atoms with Crippen LogP contribution in [0.5, 0.6) is 0 Å². The average molecular weight is 425 g/mol. The first-order chi connectivity index (χ1) is 15.1. The monoisotopic (exact) mass is 424 g/mol. The highest BCUT2D eigenvalue weighted by atomic mass is 16.2. The maximum atomic E-state index is 13.2. The zero-order chi connectivity index (χ0) is 21.4. The molecule has 1 saturated carbocycles. The molecule has 4 heterocycles. The van der Waals surface area contributed by atoms with Crippen molar-refractivity contribution in [1.82, 2.24) is 24.8 Å². The molecule has 168 valence electrons. The van der Waals surface area contributed by atoms with Crippen LogP contribution < -0.4 is 10.2 Å². The van der Waals surface area contributed by atoms with Gasteiger partial charge >= 0.3 is 0 Å². The molecule has 0 radical (unpaired) electrons. The quantitative estimate of drug-likeness (QED) is 0.813. The summed E-state index contributed by atoms with van der Waals surface area (Å²) in [5, 5.41) is 3.41. The molecule has 2 aliphatic heterocycles. The zero-order valence-corrected chi connectivity index (χ0v) is 19.0. The normalized spacial score (nSPS) is 29.4. The lowest BCUT2D eigenvalue weighted by Gasteiger charge is -2.37. The Morgan fingerprint density at radius 2 is 1.94 bits per heavy atom. The molecule has 2 fully saturated rings. The molecule has 5 rings (SSSR count). The molecule has 7 heteroatoms. The summed E-state index contributed by atoms with van der Waals surface area (Å²) in [6.45, 7) is 7.25. The van der Waals surface area contributed by atoms with Crippen LogP contribution >= 0.6 is 0 Å². The molecule has 1 amide bonds. The molecule has 7 nitrogen and oxygen atoms in total. The van der Waals surface area contributed by atoms with E-state index in [2.05, 4.69) is 38.6 Å². The van der Waals surface area contributed by atoms with Crippen molar-refractivity contribution in [3.05, 3.63) is 12.2 Å². The summed E-state index contributed by atoms with van der Waals surface area (Å²) in [4.78, 5) is 29.6. The Morgan fingerprint density at radius 3 is 2.84 bits per heavy atom. The summed E-state index contributed by atoms with van der Waals surface area (Å²) in [6, 6.07) is 0.321. The second kappa shape index (κ2) is 8.75. The Balaban J connectivity index is 1.33. The van der Waals surface area contributed by atoms with Gasteiger partial charge in [-0.05, 0) is 43.9 Å². The first kappa shape index (κ1) is 20.7. The number of fused-ring (bicyclic) bond motifs is 3. The molecule has 0 aromatic carbocycles. The van der Waals surface area contributed by atoms with Gasteiger partial charge in [-0.15, -0.1) is 0 Å². The third-order valence-corrected chi connectivity index (χ3v) is 8.00. The Hall–Kier alpha value is -2.18. The number of nitrogens with one attached hydrogen (secondary N) is 1. The number of carbonyl (C=O) groups is 1. The van der Waals surface area contributed by atoms with Gasteiger partial charge in [0, 0.05) is 32.1 Å². The van der Waals surface area contributed by atoms with E-state index in [0.717, 1.165) is 68.1 Å². The number of piperidine rings is 1. The Labute approximate surface area is 185 Å². The largest absolute Gasteiger partial charge is 0.354 e. The number of aryl methyl sites for hydroxylation is 2. The van der Waals surface area contributed by atoms with Crippen LogP contribution in [-0.2, 0) is 17.8 Å². The van der Waals surface area contributed by atoms with E-state index in [4.69, 9.17) is 4.98 Å². The van der Waals surface area contributed by atoms with Gasteiger partial charge < -0.3 is 14.8 Å². The van der Waals surface area contributed by atoms with Crippen molar-refractivity contribution in [1.29, 1.82) is 0 Å². The van der Waals surface area contributed by atoms with E-state index in [9.17, 15) is 4.79 Å². The lowest BCUT2D eigenvalue weighted by molar-refractivity contribution is -0.126. The molecule has 1 N–H and O–H groups in total. The van der Waals surface area contributed by atoms with Gasteiger partial charge in [0.15, 0.2) is 17.0 Å². The highest BCUT2D eigenvalue weighted by Gasteiger charge is 2.33. The van der Waals surface area contributed by atoms with E-state index in [-0.39, 0.29) is 11.8 Å². The fourth-order valence-corrected chi connectivity index (χ4v) is 5.83. The number of carbonyl (C=O) groups excluding carboxylic acids is 1. The predicted molar refractivity (Wildman–Crippen MR) is 122 cm³/mol. The van der Waals surface area contributed by atoms with E-state index in [1.165, 1.54) is 32.1 Å². The number of anilines is 1. The van der Waals surface area contributed by atoms with Gasteiger partial charge in [0.05, 0.1) is 5.92 Å². The fraction of sp³-hybridized carbons (Fsp3) is 0.750. The molecule has 0 spiro atoms. The van der Waals surface area contributed by atoms with Crippen molar-refractivity contribution in [2.24, 2.45) is 17.8 Å². The van der Waals surface area contributed by atoms with Crippen molar-refractivity contribution in [3.8, 4) is 0 Å². The molecule has 2 aromatic heterocycles. The summed E-state index contributed by atoms with van der Waals surface area (Å²) in [5.74, 6) is 3.53. The van der Waals surface area contributed by atoms with E-state index in [1.807, 2.05) is 0 Å². The smallest absolute Gasteiger partial charge is 0.225 e. The number of imidazole rings is 1. The molecule has 0 unspecified atom stereocenters. The summed E-state index contributed by atoms with van der Waals surface area (Å²) < 4.78 is 2.29. The summed E-state index contributed by atoms with van der Waals surface area (Å²) in [7, 11) is 0. The molecule has 1 aliphatic carbocycles. The number of rotatable bonds is 3. The van der Waals surface area contributed by atoms with Crippen LogP contribution in [0.25, 0.3) is 11.2 Å². The summed E-state index contributed by atoms with van der Waals surface area (Å²) in [6.07, 6.45) is 11.9. The van der Waals surface area contributed by atoms with E-state index in [0.29, 0.717) is 17.9 Å². The van der Waals surface area contributed by atoms with E-state index >= 15 is 0 Å². The number of hydrogen-bond acceptors (Lipinski definition) is 5. The average Bonchev–Trinajstić information content (AvgIpc) is 2.97. The summed E-state index contributed by atoms with van der Waals surface area (Å²) in [5.41, 5.74) is 1.87. The van der Waals surface area contributed by atoms with Crippen LogP contribution in [-0.4, -0.2) is 44.6 Å². The van der Waals surface area contributed by atoms with Crippen LogP contribution in [0, 0.1) is 17.8 Å². The standard InChI is InChI=1S/C24H36N6O/c1-16-8-6-10-19(17(16)2)27-24(31)18-9-7-12-29(14-18)22-21-23(26-15-25-22)30-13-5-3-4-11-20(30)28-21/h15-19H,3-14H2,1-2H3,(H,27,31)/t16-,17+,18+,19+/m1/s1. The lowest BCUT2D eigenvalue weighted by atomic mass is 9.78. The minimum Gasteiger partial charge on any atom is -0.354 e. The predicted octanol–water partition coefficient (Wildman–Crippen LogP) is 3.71. The third kappa shape index (κ3) is 4.03. The Bertz CT molecular complexity index is 940. The molecular weight excluding hydrogens is 388 g/mol. The lowest BCUT2D eigenvalue weighted by Crippen LogP contribution is -2.49. The first-order valence-corrected chi connectivity index (χ1v) is 12.4. The molecule has 4 atom stereocenters. The van der Waals surface area contributed by atoms with Crippen LogP contribution in [0.15, 0.2) is 6.33 Å². The molecule has 3 aliphatic rings. The minimum absolute atomic E-state index is 0.0173. The second-order valence-electron chi connectivity index (χ2n) is 10.0. The molecule has 31 heavy (non-hydrogen) atoms. The van der Waals surface area contributed by atoms with Gasteiger partial charge in [-0.3, -0.25) is 4.79 Å². The maximum Gasteiger partial charge on any atom is 0.225 e. The van der Waals surface area contributed by atoms with Gasteiger partial charge in [-0.25, -0.2) is 15.0 Å². The zero-order valence-electron chi connectivity index (χ0n) is 19.0. The fourth-order valence-electron chi connectivity index (χ4n) is 5.83. The van der Waals surface area contributed by atoms with Crippen LogP contribution in [0.1, 0.15) is 71.0 Å². The van der Waals surface area contributed by atoms with E-state index < -0.39 is 0 Å². The first-order valence-electron chi connectivity index (χ1n) is 12.4. The van der Waals surface area contributed by atoms with Gasteiger partial charge in [-0.2, -0.15) is 0 Å². The van der Waals surface area contributed by atoms with Gasteiger partial charge in [0.1, 0.15) is 12.2 Å². The number of hydrogen-bond donors (Lipinski definition) is 1. The third-order valence-electron chi connectivity index (χ3n) is 8.00. The van der Waals surface area contributed by atoms with Crippen molar-refractivity contribution in [2.75, 3.05) is 18.0 Å². The van der Waals surface area contributed by atoms with Gasteiger partial charge in [0.25, 0.3) is 0 Å². The van der Waals surface area contributed by atoms with Gasteiger partial charge in [0.2, 0.25) is 5.91 Å². The van der Waals surface area contributed by atoms with Crippen LogP contribution in [0.2, 0.25) is 0 Å².